The smallest absolute Gasteiger partial charge is 0.231 e. The van der Waals surface area contributed by atoms with Gasteiger partial charge in [0.1, 0.15) is 16.9 Å². The summed E-state index contributed by atoms with van der Waals surface area (Å²) in [4.78, 5) is 10.7. The van der Waals surface area contributed by atoms with E-state index in [-0.39, 0.29) is 0 Å². The first kappa shape index (κ1) is 15.7. The van der Waals surface area contributed by atoms with Gasteiger partial charge < -0.3 is 9.84 Å². The van der Waals surface area contributed by atoms with Gasteiger partial charge in [-0.05, 0) is 36.2 Å². The minimum absolute atomic E-state index is 0.520. The summed E-state index contributed by atoms with van der Waals surface area (Å²) in [5, 5.41) is 10.6. The number of thiophene rings is 1. The van der Waals surface area contributed by atoms with Crippen LogP contribution in [0.25, 0.3) is 20.7 Å². The van der Waals surface area contributed by atoms with Crippen LogP contribution in [0.1, 0.15) is 18.6 Å². The molecular weight excluding hydrogens is 332 g/mol. The molecule has 4 nitrogen and oxygen atoms in total. The molecule has 0 aliphatic rings. The molecular formula is C20H16N2O2S. The number of benzene rings is 2. The van der Waals surface area contributed by atoms with Crippen LogP contribution in [-0.2, 0) is 0 Å². The van der Waals surface area contributed by atoms with Gasteiger partial charge in [0.05, 0.1) is 11.5 Å². The first-order valence-electron chi connectivity index (χ1n) is 7.96. The predicted octanol–water partition coefficient (Wildman–Crippen LogP) is 5.20. The molecule has 0 amide bonds. The van der Waals surface area contributed by atoms with E-state index in [1.165, 1.54) is 6.33 Å². The zero-order valence-electron chi connectivity index (χ0n) is 13.6. The molecule has 0 fully saturated rings. The van der Waals surface area contributed by atoms with E-state index in [9.17, 15) is 5.11 Å². The van der Waals surface area contributed by atoms with Crippen LogP contribution < -0.4 is 4.74 Å². The van der Waals surface area contributed by atoms with Crippen molar-refractivity contribution in [2.75, 3.05) is 0 Å². The van der Waals surface area contributed by atoms with Gasteiger partial charge in [-0.25, -0.2) is 9.97 Å². The summed E-state index contributed by atoms with van der Waals surface area (Å²) in [6.07, 6.45) is 0.973. The van der Waals surface area contributed by atoms with E-state index in [0.717, 1.165) is 26.2 Å². The van der Waals surface area contributed by atoms with Gasteiger partial charge in [-0.15, -0.1) is 11.3 Å². The third kappa shape index (κ3) is 3.24. The van der Waals surface area contributed by atoms with Crippen LogP contribution in [0.4, 0.5) is 0 Å². The molecule has 0 bridgehead atoms. The van der Waals surface area contributed by atoms with Crippen LogP contribution in [0.3, 0.4) is 0 Å². The summed E-state index contributed by atoms with van der Waals surface area (Å²) in [7, 11) is 0. The van der Waals surface area contributed by atoms with E-state index in [0.29, 0.717) is 11.6 Å². The van der Waals surface area contributed by atoms with E-state index in [1.54, 1.807) is 18.3 Å². The van der Waals surface area contributed by atoms with Crippen molar-refractivity contribution in [3.8, 4) is 22.1 Å². The van der Waals surface area contributed by atoms with Crippen molar-refractivity contribution in [1.82, 2.24) is 9.97 Å². The first-order valence-corrected chi connectivity index (χ1v) is 8.78. The molecule has 1 N–H and O–H groups in total. The Balaban J connectivity index is 1.73. The Morgan fingerprint density at radius 3 is 2.64 bits per heavy atom. The molecule has 5 heteroatoms. The first-order chi connectivity index (χ1) is 12.2. The maximum Gasteiger partial charge on any atom is 0.231 e. The Kier molecular flexibility index (Phi) is 4.17. The van der Waals surface area contributed by atoms with Gasteiger partial charge in [0.25, 0.3) is 0 Å². The number of hydrogen-bond donors (Lipinski definition) is 1. The highest BCUT2D eigenvalue weighted by molar-refractivity contribution is 7.21. The van der Waals surface area contributed by atoms with Gasteiger partial charge in [0.15, 0.2) is 0 Å². The van der Waals surface area contributed by atoms with Gasteiger partial charge in [-0.3, -0.25) is 0 Å². The fraction of sp³-hybridized carbons (Fsp3) is 0.100. The van der Waals surface area contributed by atoms with Gasteiger partial charge >= 0.3 is 0 Å². The highest BCUT2D eigenvalue weighted by Gasteiger charge is 2.12. The molecule has 2 aromatic heterocycles. The minimum atomic E-state index is -0.542. The normalized spacial score (nSPS) is 12.2. The number of rotatable bonds is 4. The van der Waals surface area contributed by atoms with Crippen LogP contribution in [0.5, 0.6) is 11.6 Å². The van der Waals surface area contributed by atoms with Gasteiger partial charge in [-0.2, -0.15) is 0 Å². The third-order valence-corrected chi connectivity index (χ3v) is 5.00. The van der Waals surface area contributed by atoms with Crippen LogP contribution in [-0.4, -0.2) is 15.1 Å². The molecule has 1 atom stereocenters. The molecule has 0 spiro atoms. The van der Waals surface area contributed by atoms with Crippen molar-refractivity contribution in [3.05, 3.63) is 72.6 Å². The molecule has 0 radical (unpaired) electrons. The van der Waals surface area contributed by atoms with Crippen LogP contribution in [0, 0.1) is 0 Å². The quantitative estimate of drug-likeness (QED) is 0.550. The van der Waals surface area contributed by atoms with Gasteiger partial charge in [-0.1, -0.05) is 42.5 Å². The zero-order chi connectivity index (χ0) is 17.2. The van der Waals surface area contributed by atoms with E-state index in [4.69, 9.17) is 4.74 Å². The largest absolute Gasteiger partial charge is 0.438 e. The molecule has 0 saturated carbocycles. The average molecular weight is 348 g/mol. The lowest BCUT2D eigenvalue weighted by Crippen LogP contribution is -1.93. The van der Waals surface area contributed by atoms with Crippen molar-refractivity contribution in [1.29, 1.82) is 0 Å². The van der Waals surface area contributed by atoms with E-state index in [2.05, 4.69) is 28.2 Å². The molecule has 2 heterocycles. The highest BCUT2D eigenvalue weighted by Crippen LogP contribution is 2.37. The molecule has 0 aliphatic heterocycles. The topological polar surface area (TPSA) is 55.2 Å². The SMILES string of the molecule is C[C@H](O)c1cccc(Oc2ncnc3sc(-c4ccccc4)cc23)c1. The Morgan fingerprint density at radius 1 is 1.00 bits per heavy atom. The maximum atomic E-state index is 9.74. The Hall–Kier alpha value is -2.76. The summed E-state index contributed by atoms with van der Waals surface area (Å²) in [6, 6.07) is 19.6. The van der Waals surface area contributed by atoms with Crippen molar-refractivity contribution in [3.63, 3.8) is 0 Å². The number of aliphatic hydroxyl groups excluding tert-OH is 1. The average Bonchev–Trinajstić information content (AvgIpc) is 3.08. The standard InChI is InChI=1S/C20H16N2O2S/c1-13(23)15-8-5-9-16(10-15)24-19-17-11-18(14-6-3-2-4-7-14)25-20(17)22-12-21-19/h2-13,23H,1H3/t13-/m0/s1. The number of hydrogen-bond acceptors (Lipinski definition) is 5. The summed E-state index contributed by atoms with van der Waals surface area (Å²) < 4.78 is 5.98. The molecule has 2 aromatic carbocycles. The molecule has 4 aromatic rings. The molecule has 25 heavy (non-hydrogen) atoms. The monoisotopic (exact) mass is 348 g/mol. The number of aromatic nitrogens is 2. The second kappa shape index (κ2) is 6.63. The van der Waals surface area contributed by atoms with Crippen LogP contribution in [0.2, 0.25) is 0 Å². The number of nitrogens with zero attached hydrogens (tertiary/aromatic N) is 2. The van der Waals surface area contributed by atoms with E-state index in [1.807, 2.05) is 42.5 Å². The Bertz CT molecular complexity index is 1010. The van der Waals surface area contributed by atoms with Crippen molar-refractivity contribution in [2.24, 2.45) is 0 Å². The van der Waals surface area contributed by atoms with Gasteiger partial charge in [0, 0.05) is 4.88 Å². The second-order valence-corrected chi connectivity index (χ2v) is 6.76. The molecule has 4 rings (SSSR count). The minimum Gasteiger partial charge on any atom is -0.438 e. The van der Waals surface area contributed by atoms with Crippen LogP contribution >= 0.6 is 11.3 Å². The van der Waals surface area contributed by atoms with Gasteiger partial charge in [0.2, 0.25) is 5.88 Å². The summed E-state index contributed by atoms with van der Waals surface area (Å²) >= 11 is 1.61. The van der Waals surface area contributed by atoms with E-state index < -0.39 is 6.10 Å². The zero-order valence-corrected chi connectivity index (χ0v) is 14.4. The molecule has 0 aliphatic carbocycles. The van der Waals surface area contributed by atoms with E-state index >= 15 is 0 Å². The predicted molar refractivity (Wildman–Crippen MR) is 100 cm³/mol. The maximum absolute atomic E-state index is 9.74. The molecule has 124 valence electrons. The number of ether oxygens (including phenoxy) is 1. The molecule has 0 saturated heterocycles. The fourth-order valence-electron chi connectivity index (χ4n) is 2.61. The second-order valence-electron chi connectivity index (χ2n) is 5.72. The summed E-state index contributed by atoms with van der Waals surface area (Å²) in [6.45, 7) is 1.73. The summed E-state index contributed by atoms with van der Waals surface area (Å²) in [5.74, 6) is 1.16. The highest BCUT2D eigenvalue weighted by atomic mass is 32.1. The van der Waals surface area contributed by atoms with Crippen molar-refractivity contribution in [2.45, 2.75) is 13.0 Å². The lowest BCUT2D eigenvalue weighted by molar-refractivity contribution is 0.199. The number of aliphatic hydroxyl groups is 1. The lowest BCUT2D eigenvalue weighted by atomic mass is 10.1. The molecule has 0 unspecified atom stereocenters. The lowest BCUT2D eigenvalue weighted by Gasteiger charge is -2.09. The Morgan fingerprint density at radius 2 is 1.84 bits per heavy atom. The third-order valence-electron chi connectivity index (χ3n) is 3.91. The van der Waals surface area contributed by atoms with Crippen LogP contribution in [0.15, 0.2) is 67.0 Å². The fourth-order valence-corrected chi connectivity index (χ4v) is 3.60. The summed E-state index contributed by atoms with van der Waals surface area (Å²) in [5.41, 5.74) is 1.95. The number of fused-ring (bicyclic) bond motifs is 1. The van der Waals surface area contributed by atoms with Crippen molar-refractivity contribution >= 4 is 21.6 Å². The van der Waals surface area contributed by atoms with Crippen molar-refractivity contribution < 1.29 is 9.84 Å². The Labute approximate surface area is 149 Å².